The van der Waals surface area contributed by atoms with Gasteiger partial charge >= 0.3 is 0 Å². The minimum Gasteiger partial charge on any atom is -0.494 e. The average Bonchev–Trinajstić information content (AvgIpc) is 2.31. The van der Waals surface area contributed by atoms with Gasteiger partial charge in [0.25, 0.3) is 0 Å². The van der Waals surface area contributed by atoms with Crippen LogP contribution in [0.15, 0.2) is 35.3 Å². The summed E-state index contributed by atoms with van der Waals surface area (Å²) in [7, 11) is 1.43. The van der Waals surface area contributed by atoms with E-state index in [1.54, 1.807) is 24.5 Å². The second-order valence-corrected chi connectivity index (χ2v) is 3.92. The first-order valence-electron chi connectivity index (χ1n) is 4.51. The molecule has 0 aliphatic heterocycles. The van der Waals surface area contributed by atoms with Crippen LogP contribution >= 0.6 is 15.9 Å². The van der Waals surface area contributed by atoms with Gasteiger partial charge in [0.2, 0.25) is 0 Å². The zero-order valence-corrected chi connectivity index (χ0v) is 10.0. The van der Waals surface area contributed by atoms with Gasteiger partial charge in [0.05, 0.1) is 7.11 Å². The Morgan fingerprint density at radius 2 is 1.94 bits per heavy atom. The van der Waals surface area contributed by atoms with Crippen molar-refractivity contribution in [1.29, 1.82) is 0 Å². The molecule has 0 saturated carbocycles. The molecule has 3 nitrogen and oxygen atoms in total. The largest absolute Gasteiger partial charge is 0.494 e. The molecule has 82 valence electrons. The summed E-state index contributed by atoms with van der Waals surface area (Å²) in [6, 6.07) is 3.29. The van der Waals surface area contributed by atoms with E-state index in [-0.39, 0.29) is 5.75 Å². The summed E-state index contributed by atoms with van der Waals surface area (Å²) in [5.74, 6) is -0.228. The number of hydrogen-bond donors (Lipinski definition) is 0. The standard InChI is InChI=1S/C11H8BrFN2O/c1-16-9-3-2-8(12)10(11(9)13)7-4-14-6-15-5-7/h2-6H,1H3. The Hall–Kier alpha value is -1.49. The molecule has 1 aromatic carbocycles. The SMILES string of the molecule is COc1ccc(Br)c(-c2cncnc2)c1F. The molecule has 2 aromatic rings. The Balaban J connectivity index is 2.64. The number of hydrogen-bond acceptors (Lipinski definition) is 3. The maximum absolute atomic E-state index is 14.0. The maximum atomic E-state index is 14.0. The van der Waals surface area contributed by atoms with Crippen LogP contribution in [0.4, 0.5) is 4.39 Å². The van der Waals surface area contributed by atoms with Crippen LogP contribution in [0, 0.1) is 5.82 Å². The van der Waals surface area contributed by atoms with E-state index in [4.69, 9.17) is 4.74 Å². The molecule has 1 heterocycles. The number of methoxy groups -OCH3 is 1. The molecule has 0 unspecified atom stereocenters. The Morgan fingerprint density at radius 3 is 2.56 bits per heavy atom. The average molecular weight is 283 g/mol. The van der Waals surface area contributed by atoms with E-state index in [9.17, 15) is 4.39 Å². The summed E-state index contributed by atoms with van der Waals surface area (Å²) >= 11 is 3.30. The summed E-state index contributed by atoms with van der Waals surface area (Å²) in [4.78, 5) is 7.72. The molecule has 0 saturated heterocycles. The summed E-state index contributed by atoms with van der Waals surface area (Å²) in [5, 5.41) is 0. The van der Waals surface area contributed by atoms with Crippen LogP contribution in [0.1, 0.15) is 0 Å². The van der Waals surface area contributed by atoms with Crippen molar-refractivity contribution in [1.82, 2.24) is 9.97 Å². The van der Waals surface area contributed by atoms with Gasteiger partial charge in [-0.1, -0.05) is 15.9 Å². The van der Waals surface area contributed by atoms with Crippen LogP contribution in [0.25, 0.3) is 11.1 Å². The van der Waals surface area contributed by atoms with Gasteiger partial charge in [0.1, 0.15) is 6.33 Å². The molecule has 16 heavy (non-hydrogen) atoms. The molecule has 0 atom stereocenters. The second kappa shape index (κ2) is 4.57. The lowest BCUT2D eigenvalue weighted by Gasteiger charge is -2.09. The molecule has 0 aliphatic carbocycles. The van der Waals surface area contributed by atoms with E-state index in [2.05, 4.69) is 25.9 Å². The Bertz CT molecular complexity index is 505. The topological polar surface area (TPSA) is 35.0 Å². The van der Waals surface area contributed by atoms with Crippen LogP contribution in [0.5, 0.6) is 5.75 Å². The summed E-state index contributed by atoms with van der Waals surface area (Å²) in [5.41, 5.74) is 1.01. The lowest BCUT2D eigenvalue weighted by molar-refractivity contribution is 0.387. The molecule has 5 heteroatoms. The number of halogens is 2. The summed E-state index contributed by atoms with van der Waals surface area (Å²) in [6.45, 7) is 0. The Labute approximate surface area is 100 Å². The normalized spacial score (nSPS) is 10.2. The highest BCUT2D eigenvalue weighted by Gasteiger charge is 2.14. The van der Waals surface area contributed by atoms with Crippen molar-refractivity contribution < 1.29 is 9.13 Å². The van der Waals surface area contributed by atoms with E-state index in [0.29, 0.717) is 15.6 Å². The van der Waals surface area contributed by atoms with Crippen LogP contribution in [-0.4, -0.2) is 17.1 Å². The predicted molar refractivity (Wildman–Crippen MR) is 61.7 cm³/mol. The Morgan fingerprint density at radius 1 is 1.25 bits per heavy atom. The molecule has 2 rings (SSSR count). The third-order valence-corrected chi connectivity index (χ3v) is 2.79. The van der Waals surface area contributed by atoms with E-state index in [1.165, 1.54) is 13.4 Å². The molecule has 0 aliphatic rings. The number of rotatable bonds is 2. The number of aromatic nitrogens is 2. The highest BCUT2D eigenvalue weighted by Crippen LogP contribution is 2.34. The van der Waals surface area contributed by atoms with E-state index >= 15 is 0 Å². The van der Waals surface area contributed by atoms with Crippen molar-refractivity contribution in [2.75, 3.05) is 7.11 Å². The molecular formula is C11H8BrFN2O. The molecule has 0 bridgehead atoms. The van der Waals surface area contributed by atoms with Gasteiger partial charge in [-0.2, -0.15) is 0 Å². The molecule has 0 radical (unpaired) electrons. The lowest BCUT2D eigenvalue weighted by Crippen LogP contribution is -1.93. The molecular weight excluding hydrogens is 275 g/mol. The Kier molecular flexibility index (Phi) is 3.14. The van der Waals surface area contributed by atoms with Gasteiger partial charge in [0.15, 0.2) is 11.6 Å². The van der Waals surface area contributed by atoms with Crippen LogP contribution in [-0.2, 0) is 0 Å². The van der Waals surface area contributed by atoms with E-state index < -0.39 is 5.82 Å². The van der Waals surface area contributed by atoms with E-state index in [1.807, 2.05) is 0 Å². The van der Waals surface area contributed by atoms with Gasteiger partial charge in [-0.3, -0.25) is 0 Å². The van der Waals surface area contributed by atoms with Gasteiger partial charge < -0.3 is 4.74 Å². The molecule has 0 N–H and O–H groups in total. The van der Waals surface area contributed by atoms with Crippen molar-refractivity contribution in [2.24, 2.45) is 0 Å². The monoisotopic (exact) mass is 282 g/mol. The van der Waals surface area contributed by atoms with Crippen LogP contribution in [0.2, 0.25) is 0 Å². The summed E-state index contributed by atoms with van der Waals surface area (Å²) in [6.07, 6.45) is 4.50. The lowest BCUT2D eigenvalue weighted by atomic mass is 10.1. The summed E-state index contributed by atoms with van der Waals surface area (Å²) < 4.78 is 19.6. The van der Waals surface area contributed by atoms with Gasteiger partial charge in [0, 0.05) is 28.0 Å². The van der Waals surface area contributed by atoms with Gasteiger partial charge in [-0.05, 0) is 12.1 Å². The smallest absolute Gasteiger partial charge is 0.174 e. The number of ether oxygens (including phenoxy) is 1. The number of nitrogens with zero attached hydrogens (tertiary/aromatic N) is 2. The fourth-order valence-electron chi connectivity index (χ4n) is 1.38. The fourth-order valence-corrected chi connectivity index (χ4v) is 1.92. The molecule has 0 fully saturated rings. The second-order valence-electron chi connectivity index (χ2n) is 3.07. The quantitative estimate of drug-likeness (QED) is 0.849. The zero-order valence-electron chi connectivity index (χ0n) is 8.45. The first-order valence-corrected chi connectivity index (χ1v) is 5.30. The molecule has 0 amide bonds. The van der Waals surface area contributed by atoms with Crippen molar-refractivity contribution >= 4 is 15.9 Å². The molecule has 0 spiro atoms. The maximum Gasteiger partial charge on any atom is 0.174 e. The fraction of sp³-hybridized carbons (Fsp3) is 0.0909. The first-order chi connectivity index (χ1) is 7.74. The molecule has 1 aromatic heterocycles. The zero-order chi connectivity index (χ0) is 11.5. The highest BCUT2D eigenvalue weighted by molar-refractivity contribution is 9.10. The van der Waals surface area contributed by atoms with Crippen LogP contribution in [0.3, 0.4) is 0 Å². The van der Waals surface area contributed by atoms with Crippen molar-refractivity contribution in [3.63, 3.8) is 0 Å². The minimum atomic E-state index is -0.424. The van der Waals surface area contributed by atoms with Gasteiger partial charge in [-0.15, -0.1) is 0 Å². The van der Waals surface area contributed by atoms with Crippen LogP contribution < -0.4 is 4.74 Å². The minimum absolute atomic E-state index is 0.196. The van der Waals surface area contributed by atoms with Crippen molar-refractivity contribution in [3.8, 4) is 16.9 Å². The third kappa shape index (κ3) is 1.90. The predicted octanol–water partition coefficient (Wildman–Crippen LogP) is 3.05. The van der Waals surface area contributed by atoms with Crippen molar-refractivity contribution in [3.05, 3.63) is 41.1 Å². The van der Waals surface area contributed by atoms with E-state index in [0.717, 1.165) is 0 Å². The van der Waals surface area contributed by atoms with Crippen molar-refractivity contribution in [2.45, 2.75) is 0 Å². The highest BCUT2D eigenvalue weighted by atomic mass is 79.9. The number of benzene rings is 1. The first kappa shape index (κ1) is 11.0. The third-order valence-electron chi connectivity index (χ3n) is 2.12. The van der Waals surface area contributed by atoms with Gasteiger partial charge in [-0.25, -0.2) is 14.4 Å².